The van der Waals surface area contributed by atoms with E-state index in [-0.39, 0.29) is 6.04 Å². The van der Waals surface area contributed by atoms with Crippen LogP contribution in [0.4, 0.5) is 5.69 Å². The molecule has 0 saturated heterocycles. The van der Waals surface area contributed by atoms with E-state index in [2.05, 4.69) is 77.8 Å². The molecule has 30 heavy (non-hydrogen) atoms. The fourth-order valence-corrected chi connectivity index (χ4v) is 3.56. The van der Waals surface area contributed by atoms with E-state index in [4.69, 9.17) is 4.74 Å². The van der Waals surface area contributed by atoms with E-state index in [1.165, 1.54) is 11.1 Å². The van der Waals surface area contributed by atoms with Gasteiger partial charge in [-0.15, -0.1) is 0 Å². The lowest BCUT2D eigenvalue weighted by Crippen LogP contribution is -2.25. The van der Waals surface area contributed by atoms with Gasteiger partial charge < -0.3 is 9.64 Å². The predicted octanol–water partition coefficient (Wildman–Crippen LogP) is 6.44. The van der Waals surface area contributed by atoms with Crippen LogP contribution in [0.1, 0.15) is 25.5 Å². The molecule has 0 N–H and O–H groups in total. The molecule has 0 saturated carbocycles. The second-order valence-corrected chi connectivity index (χ2v) is 6.88. The quantitative estimate of drug-likeness (QED) is 0.410. The van der Waals surface area contributed by atoms with Crippen LogP contribution in [0.3, 0.4) is 0 Å². The Morgan fingerprint density at radius 2 is 1.97 bits per heavy atom. The second-order valence-electron chi connectivity index (χ2n) is 6.88. The Bertz CT molecular complexity index is 1040. The lowest BCUT2D eigenvalue weighted by Gasteiger charge is -2.33. The predicted molar refractivity (Wildman–Crippen MR) is 126 cm³/mol. The van der Waals surface area contributed by atoms with Gasteiger partial charge in [0.1, 0.15) is 5.75 Å². The molecule has 3 rings (SSSR count). The Hall–Kier alpha value is -3.66. The van der Waals surface area contributed by atoms with Crippen molar-refractivity contribution < 1.29 is 4.74 Å². The average molecular weight is 398 g/mol. The summed E-state index contributed by atoms with van der Waals surface area (Å²) in [5, 5.41) is 0. The van der Waals surface area contributed by atoms with E-state index in [0.717, 1.165) is 22.7 Å². The Labute approximate surface area is 178 Å². The molecule has 0 aliphatic heterocycles. The van der Waals surface area contributed by atoms with Crippen molar-refractivity contribution in [2.24, 2.45) is 4.99 Å². The number of aliphatic imine (C=N–C) groups is 1. The van der Waals surface area contributed by atoms with Gasteiger partial charge in [0, 0.05) is 24.3 Å². The van der Waals surface area contributed by atoms with Crippen LogP contribution in [-0.4, -0.2) is 18.3 Å². The third-order valence-corrected chi connectivity index (χ3v) is 4.94. The zero-order valence-electron chi connectivity index (χ0n) is 17.7. The van der Waals surface area contributed by atoms with Crippen molar-refractivity contribution in [2.45, 2.75) is 19.9 Å². The van der Waals surface area contributed by atoms with Gasteiger partial charge in [0.25, 0.3) is 0 Å². The van der Waals surface area contributed by atoms with Crippen LogP contribution in [0.25, 0.3) is 11.1 Å². The number of benzene rings is 2. The Morgan fingerprint density at radius 1 is 1.13 bits per heavy atom. The highest BCUT2D eigenvalue weighted by Crippen LogP contribution is 2.36. The molecule has 152 valence electrons. The third kappa shape index (κ3) is 4.84. The summed E-state index contributed by atoms with van der Waals surface area (Å²) in [4.78, 5) is 10.9. The van der Waals surface area contributed by atoms with E-state index in [1.54, 1.807) is 25.6 Å². The summed E-state index contributed by atoms with van der Waals surface area (Å²) >= 11 is 0. The molecule has 3 aromatic rings. The maximum Gasteiger partial charge on any atom is 0.119 e. The zero-order valence-corrected chi connectivity index (χ0v) is 17.7. The van der Waals surface area contributed by atoms with Crippen LogP contribution in [0.2, 0.25) is 0 Å². The maximum atomic E-state index is 5.43. The molecular formula is C26H27N3O. The Balaban J connectivity index is 2.09. The van der Waals surface area contributed by atoms with E-state index in [0.29, 0.717) is 0 Å². The number of hydrogen-bond donors (Lipinski definition) is 0. The molecule has 2 aromatic carbocycles. The van der Waals surface area contributed by atoms with Crippen molar-refractivity contribution in [2.75, 3.05) is 12.0 Å². The van der Waals surface area contributed by atoms with Crippen LogP contribution in [0, 0.1) is 0 Å². The molecule has 0 aliphatic rings. The summed E-state index contributed by atoms with van der Waals surface area (Å²) in [7, 11) is 1.69. The fraction of sp³-hybridized carbons (Fsp3) is 0.154. The number of pyridine rings is 1. The summed E-state index contributed by atoms with van der Waals surface area (Å²) < 4.78 is 5.43. The Kier molecular flexibility index (Phi) is 7.17. The van der Waals surface area contributed by atoms with E-state index < -0.39 is 0 Å². The van der Waals surface area contributed by atoms with Crippen LogP contribution < -0.4 is 9.64 Å². The molecule has 1 heterocycles. The molecular weight excluding hydrogens is 370 g/mol. The summed E-state index contributed by atoms with van der Waals surface area (Å²) in [6.45, 7) is 7.94. The molecule has 4 heteroatoms. The molecule has 0 aliphatic carbocycles. The second kappa shape index (κ2) is 10.2. The highest BCUT2D eigenvalue weighted by atomic mass is 16.5. The van der Waals surface area contributed by atoms with Gasteiger partial charge in [-0.05, 0) is 54.8 Å². The SMILES string of the molecule is C=CC=N/C=C(\C)N(c1cccnc1)C(C)c1ccccc1-c1cccc(OC)c1. The summed E-state index contributed by atoms with van der Waals surface area (Å²) in [6.07, 6.45) is 8.85. The van der Waals surface area contributed by atoms with E-state index in [9.17, 15) is 0 Å². The molecule has 0 bridgehead atoms. The smallest absolute Gasteiger partial charge is 0.119 e. The molecule has 0 fully saturated rings. The zero-order chi connectivity index (χ0) is 21.3. The molecule has 0 spiro atoms. The number of ether oxygens (including phenoxy) is 1. The van der Waals surface area contributed by atoms with Crippen molar-refractivity contribution in [3.63, 3.8) is 0 Å². The largest absolute Gasteiger partial charge is 0.497 e. The summed E-state index contributed by atoms with van der Waals surface area (Å²) in [5.74, 6) is 0.842. The van der Waals surface area contributed by atoms with Crippen molar-refractivity contribution in [3.8, 4) is 16.9 Å². The third-order valence-electron chi connectivity index (χ3n) is 4.94. The average Bonchev–Trinajstić information content (AvgIpc) is 2.80. The molecule has 1 aromatic heterocycles. The van der Waals surface area contributed by atoms with Gasteiger partial charge in [0.2, 0.25) is 0 Å². The number of allylic oxidation sites excluding steroid dienone is 2. The number of hydrogen-bond acceptors (Lipinski definition) is 4. The monoisotopic (exact) mass is 397 g/mol. The lowest BCUT2D eigenvalue weighted by atomic mass is 9.94. The van der Waals surface area contributed by atoms with Gasteiger partial charge in [-0.3, -0.25) is 9.98 Å². The van der Waals surface area contributed by atoms with Crippen molar-refractivity contribution in [1.82, 2.24) is 4.98 Å². The first-order valence-corrected chi connectivity index (χ1v) is 9.89. The van der Waals surface area contributed by atoms with Crippen LogP contribution >= 0.6 is 0 Å². The highest BCUT2D eigenvalue weighted by Gasteiger charge is 2.21. The topological polar surface area (TPSA) is 37.7 Å². The fourth-order valence-electron chi connectivity index (χ4n) is 3.56. The first-order valence-electron chi connectivity index (χ1n) is 9.89. The van der Waals surface area contributed by atoms with Gasteiger partial charge in [0.05, 0.1) is 25.0 Å². The Morgan fingerprint density at radius 3 is 2.70 bits per heavy atom. The van der Waals surface area contributed by atoms with Gasteiger partial charge >= 0.3 is 0 Å². The maximum absolute atomic E-state index is 5.43. The van der Waals surface area contributed by atoms with Gasteiger partial charge in [-0.2, -0.15) is 0 Å². The van der Waals surface area contributed by atoms with Gasteiger partial charge in [0.15, 0.2) is 0 Å². The number of rotatable bonds is 8. The van der Waals surface area contributed by atoms with Gasteiger partial charge in [-0.1, -0.05) is 49.1 Å². The minimum atomic E-state index is 0.0479. The number of nitrogens with zero attached hydrogens (tertiary/aromatic N) is 3. The van der Waals surface area contributed by atoms with Crippen LogP contribution in [0.5, 0.6) is 5.75 Å². The molecule has 0 radical (unpaired) electrons. The number of anilines is 1. The molecule has 0 amide bonds. The minimum Gasteiger partial charge on any atom is -0.497 e. The van der Waals surface area contributed by atoms with Gasteiger partial charge in [-0.25, -0.2) is 0 Å². The standard InChI is InChI=1S/C26H27N3O/c1-5-15-27-18-20(2)29(23-11-9-16-28-19-23)21(3)25-13-6-7-14-26(25)22-10-8-12-24(17-22)30-4/h5-19,21H,1H2,2-4H3/b20-18+,27-15?. The molecule has 1 unspecified atom stereocenters. The van der Waals surface area contributed by atoms with Crippen molar-refractivity contribution >= 4 is 11.9 Å². The highest BCUT2D eigenvalue weighted by molar-refractivity contribution is 5.72. The van der Waals surface area contributed by atoms with Crippen molar-refractivity contribution in [3.05, 3.63) is 103 Å². The summed E-state index contributed by atoms with van der Waals surface area (Å²) in [5.41, 5.74) is 5.51. The summed E-state index contributed by atoms with van der Waals surface area (Å²) in [6, 6.07) is 20.7. The lowest BCUT2D eigenvalue weighted by molar-refractivity contribution is 0.415. The van der Waals surface area contributed by atoms with Crippen molar-refractivity contribution in [1.29, 1.82) is 0 Å². The van der Waals surface area contributed by atoms with Crippen LogP contribution in [0.15, 0.2) is 103 Å². The van der Waals surface area contributed by atoms with Crippen LogP contribution in [-0.2, 0) is 0 Å². The van der Waals surface area contributed by atoms with E-state index in [1.807, 2.05) is 30.6 Å². The first kappa shape index (κ1) is 21.1. The van der Waals surface area contributed by atoms with E-state index >= 15 is 0 Å². The number of methoxy groups -OCH3 is 1. The number of aromatic nitrogens is 1. The minimum absolute atomic E-state index is 0.0479. The molecule has 4 nitrogen and oxygen atoms in total. The molecule has 1 atom stereocenters. The first-order chi connectivity index (χ1) is 14.7. The normalized spacial score (nSPS) is 12.6.